The monoisotopic (exact) mass is 388 g/mol. The second kappa shape index (κ2) is 7.56. The molecule has 0 saturated heterocycles. The van der Waals surface area contributed by atoms with Gasteiger partial charge in [-0.2, -0.15) is 5.26 Å². The van der Waals surface area contributed by atoms with Gasteiger partial charge in [0.1, 0.15) is 35.5 Å². The lowest BCUT2D eigenvalue weighted by Crippen LogP contribution is -2.33. The highest BCUT2D eigenvalue weighted by Crippen LogP contribution is 2.39. The van der Waals surface area contributed by atoms with Gasteiger partial charge in [0.05, 0.1) is 0 Å². The smallest absolute Gasteiger partial charge is 0.218 e. The number of hydrogen-bond donors (Lipinski definition) is 0. The van der Waals surface area contributed by atoms with Crippen molar-refractivity contribution in [2.45, 2.75) is 38.9 Å². The number of hydrogen-bond acceptors (Lipinski definition) is 4. The van der Waals surface area contributed by atoms with E-state index in [0.29, 0.717) is 35.8 Å². The number of nitrogens with zero attached hydrogens (tertiary/aromatic N) is 2. The summed E-state index contributed by atoms with van der Waals surface area (Å²) in [5, 5.41) is 9.35. The maximum absolute atomic E-state index is 15.0. The summed E-state index contributed by atoms with van der Waals surface area (Å²) >= 11 is 0. The molecule has 0 radical (unpaired) electrons. The lowest BCUT2D eigenvalue weighted by Gasteiger charge is -2.32. The van der Waals surface area contributed by atoms with Crippen LogP contribution in [0.1, 0.15) is 37.1 Å². The minimum absolute atomic E-state index is 0.209. The third kappa shape index (κ3) is 4.07. The first-order chi connectivity index (χ1) is 13.9. The first-order valence-corrected chi connectivity index (χ1v) is 9.55. The second-order valence-corrected chi connectivity index (χ2v) is 7.73. The SMILES string of the molecule is CC1(C)CCc2c(-c3ccc(OCc4ccccc4)cc3F)cc(C#N)nc2O1. The minimum Gasteiger partial charge on any atom is -0.489 e. The molecule has 0 unspecified atom stereocenters. The number of nitriles is 1. The van der Waals surface area contributed by atoms with Gasteiger partial charge in [0.2, 0.25) is 5.88 Å². The van der Waals surface area contributed by atoms with E-state index in [9.17, 15) is 9.65 Å². The zero-order valence-electron chi connectivity index (χ0n) is 16.4. The maximum atomic E-state index is 15.0. The number of aromatic nitrogens is 1. The first kappa shape index (κ1) is 18.9. The lowest BCUT2D eigenvalue weighted by atomic mass is 9.90. The summed E-state index contributed by atoms with van der Waals surface area (Å²) in [4.78, 5) is 4.29. The van der Waals surface area contributed by atoms with Crippen LogP contribution < -0.4 is 9.47 Å². The lowest BCUT2D eigenvalue weighted by molar-refractivity contribution is 0.0785. The Bertz CT molecular complexity index is 1090. The third-order valence-corrected chi connectivity index (χ3v) is 5.03. The molecule has 0 fully saturated rings. The average Bonchev–Trinajstić information content (AvgIpc) is 2.71. The van der Waals surface area contributed by atoms with Gasteiger partial charge < -0.3 is 9.47 Å². The average molecular weight is 388 g/mol. The van der Waals surface area contributed by atoms with Crippen LogP contribution in [0.2, 0.25) is 0 Å². The standard InChI is InChI=1S/C24H21FN2O2/c1-24(2)11-10-20-21(12-17(14-26)27-23(20)29-24)19-9-8-18(13-22(19)25)28-15-16-6-4-3-5-7-16/h3-9,12-13H,10-11,15H2,1-2H3. The summed E-state index contributed by atoms with van der Waals surface area (Å²) in [5.41, 5.74) is 2.75. The van der Waals surface area contributed by atoms with Gasteiger partial charge >= 0.3 is 0 Å². The van der Waals surface area contributed by atoms with Crippen molar-refractivity contribution >= 4 is 0 Å². The number of ether oxygens (including phenoxy) is 2. The Hall–Kier alpha value is -3.39. The zero-order chi connectivity index (χ0) is 20.4. The van der Waals surface area contributed by atoms with E-state index in [2.05, 4.69) is 4.98 Å². The van der Waals surface area contributed by atoms with Gasteiger partial charge in [0.15, 0.2) is 0 Å². The van der Waals surface area contributed by atoms with Crippen molar-refractivity contribution < 1.29 is 13.9 Å². The number of pyridine rings is 1. The van der Waals surface area contributed by atoms with Crippen molar-refractivity contribution in [2.24, 2.45) is 0 Å². The van der Waals surface area contributed by atoms with Gasteiger partial charge in [-0.15, -0.1) is 0 Å². The van der Waals surface area contributed by atoms with Crippen molar-refractivity contribution in [3.8, 4) is 28.8 Å². The Kier molecular flexibility index (Phi) is 4.94. The molecule has 0 aliphatic carbocycles. The highest BCUT2D eigenvalue weighted by Gasteiger charge is 2.30. The molecule has 5 heteroatoms. The van der Waals surface area contributed by atoms with Gasteiger partial charge in [0.25, 0.3) is 0 Å². The highest BCUT2D eigenvalue weighted by molar-refractivity contribution is 5.72. The topological polar surface area (TPSA) is 55.1 Å². The fourth-order valence-electron chi connectivity index (χ4n) is 3.46. The van der Waals surface area contributed by atoms with Crippen molar-refractivity contribution in [1.82, 2.24) is 4.98 Å². The van der Waals surface area contributed by atoms with Gasteiger partial charge in [-0.05, 0) is 56.0 Å². The number of halogens is 1. The molecular formula is C24H21FN2O2. The van der Waals surface area contributed by atoms with Crippen LogP contribution in [0.15, 0.2) is 54.6 Å². The van der Waals surface area contributed by atoms with Crippen LogP contribution in [0, 0.1) is 17.1 Å². The van der Waals surface area contributed by atoms with E-state index < -0.39 is 5.82 Å². The molecule has 1 aliphatic heterocycles. The van der Waals surface area contributed by atoms with E-state index in [1.54, 1.807) is 18.2 Å². The van der Waals surface area contributed by atoms with Gasteiger partial charge in [-0.25, -0.2) is 9.37 Å². The van der Waals surface area contributed by atoms with Crippen molar-refractivity contribution in [3.63, 3.8) is 0 Å². The molecule has 0 N–H and O–H groups in total. The molecule has 2 aromatic carbocycles. The molecule has 3 aromatic rings. The molecule has 4 nitrogen and oxygen atoms in total. The van der Waals surface area contributed by atoms with Gasteiger partial charge in [0, 0.05) is 17.2 Å². The minimum atomic E-state index is -0.405. The number of benzene rings is 2. The van der Waals surface area contributed by atoms with E-state index in [4.69, 9.17) is 9.47 Å². The van der Waals surface area contributed by atoms with Crippen molar-refractivity contribution in [2.75, 3.05) is 0 Å². The predicted molar refractivity (Wildman–Crippen MR) is 108 cm³/mol. The van der Waals surface area contributed by atoms with Crippen LogP contribution in [0.4, 0.5) is 4.39 Å². The van der Waals surface area contributed by atoms with Crippen LogP contribution in [-0.2, 0) is 13.0 Å². The molecule has 0 bridgehead atoms. The van der Waals surface area contributed by atoms with Crippen LogP contribution in [0.25, 0.3) is 11.1 Å². The largest absolute Gasteiger partial charge is 0.489 e. The van der Waals surface area contributed by atoms with Crippen LogP contribution in [0.5, 0.6) is 11.6 Å². The summed E-state index contributed by atoms with van der Waals surface area (Å²) in [7, 11) is 0. The molecule has 1 aliphatic rings. The van der Waals surface area contributed by atoms with Gasteiger partial charge in [-0.3, -0.25) is 0 Å². The number of fused-ring (bicyclic) bond motifs is 1. The summed E-state index contributed by atoms with van der Waals surface area (Å²) in [5.74, 6) is 0.465. The molecule has 4 rings (SSSR count). The zero-order valence-corrected chi connectivity index (χ0v) is 16.4. The summed E-state index contributed by atoms with van der Waals surface area (Å²) in [6, 6.07) is 18.2. The Morgan fingerprint density at radius 3 is 2.66 bits per heavy atom. The molecular weight excluding hydrogens is 367 g/mol. The Morgan fingerprint density at radius 1 is 1.14 bits per heavy atom. The Morgan fingerprint density at radius 2 is 1.93 bits per heavy atom. The van der Waals surface area contributed by atoms with Crippen molar-refractivity contribution in [1.29, 1.82) is 5.26 Å². The summed E-state index contributed by atoms with van der Waals surface area (Å²) in [6.07, 6.45) is 1.50. The normalized spacial score (nSPS) is 14.4. The fraction of sp³-hybridized carbons (Fsp3) is 0.250. The molecule has 0 saturated carbocycles. The van der Waals surface area contributed by atoms with E-state index in [0.717, 1.165) is 17.5 Å². The second-order valence-electron chi connectivity index (χ2n) is 7.73. The summed E-state index contributed by atoms with van der Waals surface area (Å²) in [6.45, 7) is 4.33. The van der Waals surface area contributed by atoms with Crippen LogP contribution >= 0.6 is 0 Å². The Balaban J connectivity index is 1.66. The van der Waals surface area contributed by atoms with E-state index in [1.807, 2.05) is 50.2 Å². The van der Waals surface area contributed by atoms with Crippen LogP contribution in [-0.4, -0.2) is 10.6 Å². The maximum Gasteiger partial charge on any atom is 0.218 e. The van der Waals surface area contributed by atoms with Crippen LogP contribution in [0.3, 0.4) is 0 Å². The molecule has 146 valence electrons. The Labute approximate surface area is 169 Å². The van der Waals surface area contributed by atoms with Crippen molar-refractivity contribution in [3.05, 3.63) is 77.2 Å². The quantitative estimate of drug-likeness (QED) is 0.597. The molecule has 0 spiro atoms. The van der Waals surface area contributed by atoms with Gasteiger partial charge in [-0.1, -0.05) is 30.3 Å². The summed E-state index contributed by atoms with van der Waals surface area (Å²) < 4.78 is 26.7. The fourth-order valence-corrected chi connectivity index (χ4v) is 3.46. The number of rotatable bonds is 4. The molecule has 0 amide bonds. The van der Waals surface area contributed by atoms with E-state index in [-0.39, 0.29) is 11.3 Å². The van der Waals surface area contributed by atoms with E-state index >= 15 is 0 Å². The highest BCUT2D eigenvalue weighted by atomic mass is 19.1. The predicted octanol–water partition coefficient (Wildman–Crippen LogP) is 5.44. The molecule has 29 heavy (non-hydrogen) atoms. The third-order valence-electron chi connectivity index (χ3n) is 5.03. The molecule has 1 aromatic heterocycles. The first-order valence-electron chi connectivity index (χ1n) is 9.55. The molecule has 2 heterocycles. The van der Waals surface area contributed by atoms with E-state index in [1.165, 1.54) is 6.07 Å². The molecule has 0 atom stereocenters.